The molecule has 4 N–H and O–H groups in total. The molecule has 1 saturated heterocycles. The average Bonchev–Trinajstić information content (AvgIpc) is 3.26. The Morgan fingerprint density at radius 2 is 2.21 bits per heavy atom. The van der Waals surface area contributed by atoms with E-state index in [1.165, 1.54) is 16.2 Å². The highest BCUT2D eigenvalue weighted by Crippen LogP contribution is 2.51. The monoisotopic (exact) mass is 437 g/mol. The molecule has 0 aromatic carbocycles. The van der Waals surface area contributed by atoms with Crippen LogP contribution < -0.4 is 10.3 Å². The quantitative estimate of drug-likeness (QED) is 0.339. The number of amides is 1. The minimum absolute atomic E-state index is 0.0515. The van der Waals surface area contributed by atoms with Gasteiger partial charge in [-0.25, -0.2) is 9.36 Å². The van der Waals surface area contributed by atoms with Gasteiger partial charge in [0.15, 0.2) is 0 Å². The van der Waals surface area contributed by atoms with Crippen LogP contribution in [0.4, 0.5) is 0 Å². The number of carboxylic acids is 1. The molecule has 8 nitrogen and oxygen atoms in total. The number of carboxylic acid groups (broad SMARTS) is 1. The number of hydrogen-bond donors (Lipinski definition) is 3. The number of aliphatic hydroxyl groups excluding tert-OH is 1. The Morgan fingerprint density at radius 1 is 1.48 bits per heavy atom. The molecule has 0 unspecified atom stereocenters. The number of hydrogen-bond acceptors (Lipinski definition) is 6. The van der Waals surface area contributed by atoms with Crippen molar-refractivity contribution in [3.63, 3.8) is 0 Å². The smallest absolute Gasteiger partial charge is 0.352 e. The highest BCUT2D eigenvalue weighted by Gasteiger charge is 2.60. The summed E-state index contributed by atoms with van der Waals surface area (Å²) in [5.74, 6) is -2.13. The topological polar surface area (TPSA) is 112 Å². The third-order valence-electron chi connectivity index (χ3n) is 5.84. The molecule has 10 heteroatoms. The van der Waals surface area contributed by atoms with Gasteiger partial charge >= 0.3 is 5.97 Å². The van der Waals surface area contributed by atoms with E-state index in [2.05, 4.69) is 4.57 Å². The molecule has 1 fully saturated rings. The van der Waals surface area contributed by atoms with Crippen molar-refractivity contribution in [1.82, 2.24) is 9.30 Å². The van der Waals surface area contributed by atoms with Gasteiger partial charge in [-0.2, -0.15) is 4.40 Å². The number of aliphatic carboxylic acids is 1. The third kappa shape index (κ3) is 2.92. The summed E-state index contributed by atoms with van der Waals surface area (Å²) in [6.45, 7) is 4.98. The number of imidazole rings is 1. The summed E-state index contributed by atoms with van der Waals surface area (Å²) in [7, 11) is 0. The Kier molecular flexibility index (Phi) is 5.22. The van der Waals surface area contributed by atoms with Gasteiger partial charge in [-0.05, 0) is 26.1 Å². The minimum atomic E-state index is -1.10. The molecule has 156 valence electrons. The standard InChI is InChI=1S/C19H24N4O4S2/c1-9-12(15(19(26)27)23-14(9)13(10(2)24)16(23)25)11-7-22-8-21(6-4-5-20)17(28-3)18(22)29-11/h7-10,13-14,24H,4-6,20H2,1-3H3/p+1/t9-,10+,13+,14+/m0/s1. The molecule has 4 rings (SSSR count). The summed E-state index contributed by atoms with van der Waals surface area (Å²) < 4.78 is 4.18. The Labute approximate surface area is 176 Å². The van der Waals surface area contributed by atoms with Crippen LogP contribution >= 0.6 is 23.1 Å². The van der Waals surface area contributed by atoms with E-state index < -0.39 is 18.0 Å². The van der Waals surface area contributed by atoms with E-state index in [9.17, 15) is 19.8 Å². The summed E-state index contributed by atoms with van der Waals surface area (Å²) in [6, 6.07) is -0.306. The van der Waals surface area contributed by atoms with Gasteiger partial charge in [-0.15, -0.1) is 0 Å². The molecule has 4 heterocycles. The van der Waals surface area contributed by atoms with Crippen LogP contribution in [0.2, 0.25) is 0 Å². The SMILES string of the molecule is CSc1c2sc(C3=C(C(=O)O)N4C(=O)[C@H]([C@@H](C)O)[C@H]4[C@H]3C)cn2c[n+]1CCCN. The zero-order valence-corrected chi connectivity index (χ0v) is 18.2. The lowest BCUT2D eigenvalue weighted by molar-refractivity contribution is -0.729. The van der Waals surface area contributed by atoms with E-state index in [1.807, 2.05) is 30.1 Å². The lowest BCUT2D eigenvalue weighted by Gasteiger charge is -2.46. The maximum Gasteiger partial charge on any atom is 0.352 e. The van der Waals surface area contributed by atoms with Gasteiger partial charge in [0.05, 0.1) is 29.5 Å². The second-order valence-corrected chi connectivity index (χ2v) is 9.42. The zero-order valence-electron chi connectivity index (χ0n) is 16.5. The zero-order chi connectivity index (χ0) is 21.0. The number of carbonyl (C=O) groups excluding carboxylic acids is 1. The largest absolute Gasteiger partial charge is 0.477 e. The Balaban J connectivity index is 1.79. The minimum Gasteiger partial charge on any atom is -0.477 e. The van der Waals surface area contributed by atoms with Gasteiger partial charge in [0.2, 0.25) is 15.8 Å². The van der Waals surface area contributed by atoms with E-state index in [0.717, 1.165) is 27.7 Å². The molecular formula is C19H25N4O4S2+. The molecule has 2 aromatic heterocycles. The maximum absolute atomic E-state index is 12.5. The van der Waals surface area contributed by atoms with Crippen molar-refractivity contribution < 1.29 is 24.4 Å². The number of fused-ring (bicyclic) bond motifs is 2. The van der Waals surface area contributed by atoms with Gasteiger partial charge in [0, 0.05) is 11.5 Å². The van der Waals surface area contributed by atoms with Crippen molar-refractivity contribution in [2.75, 3.05) is 12.8 Å². The Morgan fingerprint density at radius 3 is 2.79 bits per heavy atom. The summed E-state index contributed by atoms with van der Waals surface area (Å²) in [6.07, 6.45) is 6.06. The van der Waals surface area contributed by atoms with E-state index in [-0.39, 0.29) is 23.6 Å². The van der Waals surface area contributed by atoms with Crippen LogP contribution in [0.1, 0.15) is 25.1 Å². The van der Waals surface area contributed by atoms with Crippen LogP contribution in [-0.4, -0.2) is 56.3 Å². The number of aliphatic hydroxyl groups is 1. The van der Waals surface area contributed by atoms with Gasteiger partial charge < -0.3 is 20.8 Å². The second kappa shape index (κ2) is 7.42. The van der Waals surface area contributed by atoms with E-state index in [4.69, 9.17) is 5.73 Å². The lowest BCUT2D eigenvalue weighted by Crippen LogP contribution is -2.63. The molecule has 0 radical (unpaired) electrons. The van der Waals surface area contributed by atoms with E-state index in [0.29, 0.717) is 12.1 Å². The molecule has 0 spiro atoms. The van der Waals surface area contributed by atoms with Gasteiger partial charge in [0.1, 0.15) is 11.9 Å². The van der Waals surface area contributed by atoms with Crippen LogP contribution in [0.5, 0.6) is 0 Å². The van der Waals surface area contributed by atoms with Crippen molar-refractivity contribution in [2.45, 2.75) is 44.0 Å². The number of rotatable bonds is 7. The fourth-order valence-corrected chi connectivity index (χ4v) is 6.78. The number of thioether (sulfide) groups is 1. The molecule has 29 heavy (non-hydrogen) atoms. The average molecular weight is 438 g/mol. The highest BCUT2D eigenvalue weighted by molar-refractivity contribution is 7.98. The first-order valence-electron chi connectivity index (χ1n) is 9.58. The van der Waals surface area contributed by atoms with Crippen LogP contribution in [0, 0.1) is 11.8 Å². The Bertz CT molecular complexity index is 1020. The van der Waals surface area contributed by atoms with Crippen molar-refractivity contribution in [1.29, 1.82) is 0 Å². The number of carbonyl (C=O) groups is 2. The predicted octanol–water partition coefficient (Wildman–Crippen LogP) is 1.01. The number of nitrogens with two attached hydrogens (primary N) is 1. The highest BCUT2D eigenvalue weighted by atomic mass is 32.2. The molecule has 2 aliphatic heterocycles. The summed E-state index contributed by atoms with van der Waals surface area (Å²) in [5, 5.41) is 21.0. The van der Waals surface area contributed by atoms with Gasteiger partial charge in [-0.1, -0.05) is 30.0 Å². The number of nitrogens with zero attached hydrogens (tertiary/aromatic N) is 3. The number of aryl methyl sites for hydroxylation is 1. The summed E-state index contributed by atoms with van der Waals surface area (Å²) in [5.41, 5.74) is 6.37. The normalized spacial score (nSPS) is 24.9. The Hall–Kier alpha value is -1.88. The fraction of sp³-hybridized carbons (Fsp3) is 0.526. The summed E-state index contributed by atoms with van der Waals surface area (Å²) >= 11 is 3.18. The van der Waals surface area contributed by atoms with Crippen molar-refractivity contribution in [3.8, 4) is 0 Å². The third-order valence-corrected chi connectivity index (χ3v) is 7.93. The molecule has 0 saturated carbocycles. The van der Waals surface area contributed by atoms with Crippen LogP contribution in [0.15, 0.2) is 23.2 Å². The van der Waals surface area contributed by atoms with E-state index in [1.54, 1.807) is 18.7 Å². The second-order valence-electron chi connectivity index (χ2n) is 7.59. The molecule has 0 aliphatic carbocycles. The molecule has 4 atom stereocenters. The molecular weight excluding hydrogens is 412 g/mol. The number of thiazole rings is 1. The molecule has 1 amide bonds. The van der Waals surface area contributed by atoms with Crippen LogP contribution in [0.3, 0.4) is 0 Å². The van der Waals surface area contributed by atoms with Gasteiger partial charge in [0.25, 0.3) is 6.33 Å². The number of β-lactam (4-membered cyclic amide) rings is 1. The van der Waals surface area contributed by atoms with Crippen LogP contribution in [0.25, 0.3) is 10.4 Å². The first-order chi connectivity index (χ1) is 13.8. The van der Waals surface area contributed by atoms with Crippen molar-refractivity contribution in [2.24, 2.45) is 17.6 Å². The summed E-state index contributed by atoms with van der Waals surface area (Å²) in [4.78, 5) is 27.8. The predicted molar refractivity (Wildman–Crippen MR) is 110 cm³/mol. The van der Waals surface area contributed by atoms with Gasteiger partial charge in [-0.3, -0.25) is 4.79 Å². The number of aromatic nitrogens is 2. The van der Waals surface area contributed by atoms with E-state index >= 15 is 0 Å². The molecule has 0 bridgehead atoms. The van der Waals surface area contributed by atoms with Crippen molar-refractivity contribution >= 4 is 45.4 Å². The maximum atomic E-state index is 12.5. The first kappa shape index (κ1) is 20.4. The van der Waals surface area contributed by atoms with Crippen LogP contribution in [-0.2, 0) is 16.1 Å². The molecule has 2 aliphatic rings. The molecule has 2 aromatic rings. The fourth-order valence-electron chi connectivity index (χ4n) is 4.58. The van der Waals surface area contributed by atoms with Crippen molar-refractivity contribution in [3.05, 3.63) is 23.1 Å². The lowest BCUT2D eigenvalue weighted by atomic mass is 9.77. The first-order valence-corrected chi connectivity index (χ1v) is 11.6.